The molecule has 60 valence electrons. The first-order valence-electron chi connectivity index (χ1n) is 3.55. The fraction of sp³-hybridized carbons (Fsp3) is 0.857. The van der Waals surface area contributed by atoms with Gasteiger partial charge in [0.25, 0.3) is 0 Å². The summed E-state index contributed by atoms with van der Waals surface area (Å²) in [6, 6.07) is 0. The highest BCUT2D eigenvalue weighted by molar-refractivity contribution is 7.81. The highest BCUT2D eigenvalue weighted by atomic mass is 32.1. The van der Waals surface area contributed by atoms with E-state index in [9.17, 15) is 4.79 Å². The molecule has 0 aromatic rings. The third kappa shape index (κ3) is 4.82. The zero-order valence-corrected chi connectivity index (χ0v) is 7.45. The molecule has 0 aliphatic carbocycles. The van der Waals surface area contributed by atoms with Crippen molar-refractivity contribution in [2.45, 2.75) is 25.0 Å². The fourth-order valence-electron chi connectivity index (χ4n) is 0.715. The number of thiol groups is 1. The average molecular weight is 161 g/mol. The first kappa shape index (κ1) is 9.98. The second kappa shape index (κ2) is 5.74. The minimum absolute atomic E-state index is 0.178. The van der Waals surface area contributed by atoms with Gasteiger partial charge in [-0.1, -0.05) is 6.92 Å². The number of hydrogen-bond donors (Lipinski definition) is 2. The monoisotopic (exact) mass is 161 g/mol. The average Bonchev–Trinajstić information content (AvgIpc) is 1.88. The summed E-state index contributed by atoms with van der Waals surface area (Å²) >= 11 is 4.22. The summed E-state index contributed by atoms with van der Waals surface area (Å²) in [6.45, 7) is 2.68. The molecule has 0 spiro atoms. The molecule has 0 aromatic heterocycles. The van der Waals surface area contributed by atoms with Crippen LogP contribution in [0.3, 0.4) is 0 Å². The van der Waals surface area contributed by atoms with Crippen LogP contribution in [0.1, 0.15) is 19.8 Å². The Bertz CT molecular complexity index is 106. The van der Waals surface area contributed by atoms with Crippen LogP contribution in [-0.4, -0.2) is 24.6 Å². The Morgan fingerprint density at radius 3 is 2.70 bits per heavy atom. The van der Waals surface area contributed by atoms with Crippen LogP contribution in [0.25, 0.3) is 0 Å². The lowest BCUT2D eigenvalue weighted by molar-refractivity contribution is -0.118. The van der Waals surface area contributed by atoms with Crippen LogP contribution in [0.5, 0.6) is 0 Å². The summed E-state index contributed by atoms with van der Waals surface area (Å²) in [5, 5.41) is 3.15. The predicted molar refractivity (Wildman–Crippen MR) is 46.6 cm³/mol. The van der Waals surface area contributed by atoms with Gasteiger partial charge in [-0.2, -0.15) is 12.6 Å². The predicted octanol–water partition coefficient (Wildman–Crippen LogP) is 0.873. The van der Waals surface area contributed by atoms with Gasteiger partial charge in [0.05, 0.1) is 0 Å². The van der Waals surface area contributed by atoms with Gasteiger partial charge in [0.15, 0.2) is 0 Å². The van der Waals surface area contributed by atoms with Gasteiger partial charge in [-0.05, 0) is 7.05 Å². The van der Waals surface area contributed by atoms with E-state index in [1.807, 2.05) is 14.0 Å². The SMILES string of the molecule is CCC(=O)CC(S)CNC. The molecular formula is C7H15NOS. The second-order valence-electron chi connectivity index (χ2n) is 2.31. The second-order valence-corrected chi connectivity index (χ2v) is 3.04. The molecule has 0 fully saturated rings. The number of hydrogen-bond acceptors (Lipinski definition) is 3. The van der Waals surface area contributed by atoms with Gasteiger partial charge >= 0.3 is 0 Å². The van der Waals surface area contributed by atoms with Crippen molar-refractivity contribution in [3.05, 3.63) is 0 Å². The number of Topliss-reactive ketones (excluding diaryl/α,β-unsaturated/α-hetero) is 1. The van der Waals surface area contributed by atoms with E-state index in [-0.39, 0.29) is 11.0 Å². The molecule has 0 saturated carbocycles. The maximum Gasteiger partial charge on any atom is 0.133 e. The van der Waals surface area contributed by atoms with Crippen molar-refractivity contribution in [2.75, 3.05) is 13.6 Å². The van der Waals surface area contributed by atoms with Gasteiger partial charge in [0.1, 0.15) is 5.78 Å². The summed E-state index contributed by atoms with van der Waals surface area (Å²) < 4.78 is 0. The molecule has 2 nitrogen and oxygen atoms in total. The summed E-state index contributed by atoms with van der Waals surface area (Å²) in [7, 11) is 1.86. The molecule has 0 radical (unpaired) electrons. The molecule has 1 unspecified atom stereocenters. The van der Waals surface area contributed by atoms with Gasteiger partial charge in [-0.3, -0.25) is 4.79 Å². The van der Waals surface area contributed by atoms with Crippen molar-refractivity contribution < 1.29 is 4.79 Å². The van der Waals surface area contributed by atoms with E-state index in [0.717, 1.165) is 6.54 Å². The Labute approximate surface area is 67.8 Å². The van der Waals surface area contributed by atoms with Crippen molar-refractivity contribution >= 4 is 18.4 Å². The van der Waals surface area contributed by atoms with E-state index in [1.165, 1.54) is 0 Å². The molecule has 1 atom stereocenters. The smallest absolute Gasteiger partial charge is 0.133 e. The molecule has 3 heteroatoms. The lowest BCUT2D eigenvalue weighted by atomic mass is 10.2. The van der Waals surface area contributed by atoms with Crippen molar-refractivity contribution in [1.82, 2.24) is 5.32 Å². The number of rotatable bonds is 5. The zero-order chi connectivity index (χ0) is 7.98. The molecule has 1 N–H and O–H groups in total. The van der Waals surface area contributed by atoms with Crippen molar-refractivity contribution in [3.63, 3.8) is 0 Å². The number of carbonyl (C=O) groups excluding carboxylic acids is 1. The van der Waals surface area contributed by atoms with Gasteiger partial charge in [0, 0.05) is 24.6 Å². The summed E-state index contributed by atoms with van der Waals surface area (Å²) in [5.41, 5.74) is 0. The first-order chi connectivity index (χ1) is 4.70. The van der Waals surface area contributed by atoms with Crippen LogP contribution in [-0.2, 0) is 4.79 Å². The summed E-state index contributed by atoms with van der Waals surface area (Å²) in [4.78, 5) is 10.8. The Hall–Kier alpha value is -0.0200. The van der Waals surface area contributed by atoms with Crippen LogP contribution in [0.2, 0.25) is 0 Å². The van der Waals surface area contributed by atoms with E-state index < -0.39 is 0 Å². The van der Waals surface area contributed by atoms with E-state index in [0.29, 0.717) is 12.8 Å². The molecule has 0 amide bonds. The minimum atomic E-state index is 0.178. The van der Waals surface area contributed by atoms with Crippen LogP contribution in [0.4, 0.5) is 0 Å². The van der Waals surface area contributed by atoms with E-state index in [2.05, 4.69) is 17.9 Å². The normalized spacial score (nSPS) is 13.1. The van der Waals surface area contributed by atoms with E-state index >= 15 is 0 Å². The van der Waals surface area contributed by atoms with Gasteiger partial charge < -0.3 is 5.32 Å². The zero-order valence-electron chi connectivity index (χ0n) is 6.55. The van der Waals surface area contributed by atoms with Crippen LogP contribution >= 0.6 is 12.6 Å². The largest absolute Gasteiger partial charge is 0.319 e. The van der Waals surface area contributed by atoms with Gasteiger partial charge in [0.2, 0.25) is 0 Å². The van der Waals surface area contributed by atoms with Crippen LogP contribution in [0.15, 0.2) is 0 Å². The molecule has 10 heavy (non-hydrogen) atoms. The molecular weight excluding hydrogens is 146 g/mol. The van der Waals surface area contributed by atoms with Crippen LogP contribution in [0, 0.1) is 0 Å². The Morgan fingerprint density at radius 2 is 2.30 bits per heavy atom. The van der Waals surface area contributed by atoms with Crippen molar-refractivity contribution in [1.29, 1.82) is 0 Å². The number of ketones is 1. The Morgan fingerprint density at radius 1 is 1.70 bits per heavy atom. The quantitative estimate of drug-likeness (QED) is 0.586. The Kier molecular flexibility index (Phi) is 5.73. The lowest BCUT2D eigenvalue weighted by Crippen LogP contribution is -2.21. The van der Waals surface area contributed by atoms with E-state index in [1.54, 1.807) is 0 Å². The first-order valence-corrected chi connectivity index (χ1v) is 4.06. The highest BCUT2D eigenvalue weighted by Crippen LogP contribution is 2.01. The van der Waals surface area contributed by atoms with Crippen molar-refractivity contribution in [2.24, 2.45) is 0 Å². The fourth-order valence-corrected chi connectivity index (χ4v) is 1.10. The number of carbonyl (C=O) groups is 1. The van der Waals surface area contributed by atoms with E-state index in [4.69, 9.17) is 0 Å². The third-order valence-corrected chi connectivity index (χ3v) is 1.66. The lowest BCUT2D eigenvalue weighted by Gasteiger charge is -2.06. The summed E-state index contributed by atoms with van der Waals surface area (Å²) in [6.07, 6.45) is 1.21. The molecule has 0 rings (SSSR count). The Balaban J connectivity index is 3.37. The standard InChI is InChI=1S/C7H15NOS/c1-3-6(9)4-7(10)5-8-2/h7-8,10H,3-5H2,1-2H3. The third-order valence-electron chi connectivity index (χ3n) is 1.30. The molecule has 0 heterocycles. The molecule has 0 aliphatic rings. The molecule has 0 saturated heterocycles. The maximum atomic E-state index is 10.8. The topological polar surface area (TPSA) is 29.1 Å². The highest BCUT2D eigenvalue weighted by Gasteiger charge is 2.05. The number of nitrogens with one attached hydrogen (secondary N) is 1. The maximum absolute atomic E-state index is 10.8. The minimum Gasteiger partial charge on any atom is -0.319 e. The summed E-state index contributed by atoms with van der Waals surface area (Å²) in [5.74, 6) is 0.287. The molecule has 0 bridgehead atoms. The van der Waals surface area contributed by atoms with Crippen LogP contribution < -0.4 is 5.32 Å². The van der Waals surface area contributed by atoms with Crippen molar-refractivity contribution in [3.8, 4) is 0 Å². The van der Waals surface area contributed by atoms with Gasteiger partial charge in [-0.25, -0.2) is 0 Å². The molecule has 0 aliphatic heterocycles. The molecule has 0 aromatic carbocycles. The van der Waals surface area contributed by atoms with Gasteiger partial charge in [-0.15, -0.1) is 0 Å².